The maximum atomic E-state index is 12.2. The van der Waals surface area contributed by atoms with Crippen molar-refractivity contribution in [2.24, 2.45) is 4.99 Å². The molecule has 144 valence electrons. The minimum absolute atomic E-state index is 0.161. The summed E-state index contributed by atoms with van der Waals surface area (Å²) in [6.45, 7) is 2.49. The summed E-state index contributed by atoms with van der Waals surface area (Å²) in [4.78, 5) is 27.6. The average Bonchev–Trinajstić information content (AvgIpc) is 3.02. The number of hydrogen-bond acceptors (Lipinski definition) is 7. The number of carbonyl (C=O) groups is 1. The van der Waals surface area contributed by atoms with E-state index in [1.54, 1.807) is 36.4 Å². The van der Waals surface area contributed by atoms with Crippen LogP contribution in [0.15, 0.2) is 52.4 Å². The van der Waals surface area contributed by atoms with Crippen LogP contribution in [-0.2, 0) is 4.79 Å². The monoisotopic (exact) mass is 399 g/mol. The number of ether oxygens (including phenoxy) is 2. The fourth-order valence-corrected chi connectivity index (χ4v) is 3.31. The molecule has 0 spiro atoms. The van der Waals surface area contributed by atoms with Crippen molar-refractivity contribution in [3.05, 3.63) is 63.0 Å². The zero-order valence-electron chi connectivity index (χ0n) is 15.2. The summed E-state index contributed by atoms with van der Waals surface area (Å²) in [7, 11) is 1.37. The maximum absolute atomic E-state index is 12.2. The van der Waals surface area contributed by atoms with E-state index in [0.29, 0.717) is 27.9 Å². The van der Waals surface area contributed by atoms with Crippen LogP contribution in [0.5, 0.6) is 11.5 Å². The Labute approximate surface area is 165 Å². The molecule has 2 aromatic rings. The molecule has 8 nitrogen and oxygen atoms in total. The van der Waals surface area contributed by atoms with Crippen molar-refractivity contribution in [3.8, 4) is 11.5 Å². The van der Waals surface area contributed by atoms with E-state index in [4.69, 9.17) is 9.47 Å². The molecule has 1 heterocycles. The van der Waals surface area contributed by atoms with Crippen molar-refractivity contribution in [1.29, 1.82) is 0 Å². The van der Waals surface area contributed by atoms with E-state index in [2.05, 4.69) is 10.3 Å². The van der Waals surface area contributed by atoms with Gasteiger partial charge in [0, 0.05) is 6.07 Å². The van der Waals surface area contributed by atoms with Crippen molar-refractivity contribution in [3.63, 3.8) is 0 Å². The van der Waals surface area contributed by atoms with Gasteiger partial charge in [-0.1, -0.05) is 6.07 Å². The Morgan fingerprint density at radius 2 is 2.00 bits per heavy atom. The number of nitro benzene ring substituents is 1. The highest BCUT2D eigenvalue weighted by Gasteiger charge is 2.24. The molecule has 0 bridgehead atoms. The molecule has 28 heavy (non-hydrogen) atoms. The number of nitrogens with one attached hydrogen (secondary N) is 1. The van der Waals surface area contributed by atoms with Gasteiger partial charge in [-0.3, -0.25) is 14.9 Å². The summed E-state index contributed by atoms with van der Waals surface area (Å²) < 4.78 is 10.4. The SMILES string of the molecule is CCOc1ccc(N=C2NC(=O)C(=Cc3ccc(OC)c([N+](=O)[O-])c3)S2)cc1. The number of nitrogens with zero attached hydrogens (tertiary/aromatic N) is 2. The summed E-state index contributed by atoms with van der Waals surface area (Å²) in [5.41, 5.74) is 1.03. The molecule has 1 amide bonds. The summed E-state index contributed by atoms with van der Waals surface area (Å²) in [6, 6.07) is 11.7. The van der Waals surface area contributed by atoms with Crippen LogP contribution in [0.1, 0.15) is 12.5 Å². The quantitative estimate of drug-likeness (QED) is 0.449. The van der Waals surface area contributed by atoms with Crippen LogP contribution in [0, 0.1) is 10.1 Å². The molecule has 1 aliphatic heterocycles. The van der Waals surface area contributed by atoms with Crippen molar-refractivity contribution in [2.45, 2.75) is 6.92 Å². The second-order valence-electron chi connectivity index (χ2n) is 5.60. The Kier molecular flexibility index (Phi) is 5.95. The first-order valence-corrected chi connectivity index (χ1v) is 9.16. The van der Waals surface area contributed by atoms with Gasteiger partial charge >= 0.3 is 5.69 Å². The smallest absolute Gasteiger partial charge is 0.311 e. The number of thioether (sulfide) groups is 1. The van der Waals surface area contributed by atoms with Gasteiger partial charge in [0.2, 0.25) is 0 Å². The molecule has 0 unspecified atom stereocenters. The van der Waals surface area contributed by atoms with Gasteiger partial charge in [0.15, 0.2) is 10.9 Å². The van der Waals surface area contributed by atoms with E-state index < -0.39 is 4.92 Å². The predicted molar refractivity (Wildman–Crippen MR) is 108 cm³/mol. The van der Waals surface area contributed by atoms with Gasteiger partial charge in [-0.25, -0.2) is 4.99 Å². The van der Waals surface area contributed by atoms with Gasteiger partial charge in [0.1, 0.15) is 5.75 Å². The third-order valence-corrected chi connectivity index (χ3v) is 4.64. The Balaban J connectivity index is 1.80. The highest BCUT2D eigenvalue weighted by Crippen LogP contribution is 2.32. The first kappa shape index (κ1) is 19.4. The molecule has 9 heteroatoms. The third-order valence-electron chi connectivity index (χ3n) is 3.73. The van der Waals surface area contributed by atoms with Crippen LogP contribution < -0.4 is 14.8 Å². The molecule has 0 aromatic heterocycles. The second-order valence-corrected chi connectivity index (χ2v) is 6.63. The lowest BCUT2D eigenvalue weighted by Crippen LogP contribution is -2.19. The zero-order valence-corrected chi connectivity index (χ0v) is 16.0. The molecule has 0 saturated carbocycles. The van der Waals surface area contributed by atoms with Crippen LogP contribution in [0.4, 0.5) is 11.4 Å². The largest absolute Gasteiger partial charge is 0.494 e. The van der Waals surface area contributed by atoms with E-state index in [1.807, 2.05) is 6.92 Å². The Morgan fingerprint density at radius 1 is 1.25 bits per heavy atom. The van der Waals surface area contributed by atoms with Gasteiger partial charge in [-0.05, 0) is 60.7 Å². The van der Waals surface area contributed by atoms with Crippen molar-refractivity contribution in [1.82, 2.24) is 5.32 Å². The van der Waals surface area contributed by atoms with E-state index in [0.717, 1.165) is 5.75 Å². The predicted octanol–water partition coefficient (Wildman–Crippen LogP) is 3.89. The van der Waals surface area contributed by atoms with E-state index >= 15 is 0 Å². The summed E-state index contributed by atoms with van der Waals surface area (Å²) in [6.07, 6.45) is 1.58. The minimum Gasteiger partial charge on any atom is -0.494 e. The maximum Gasteiger partial charge on any atom is 0.311 e. The van der Waals surface area contributed by atoms with E-state index in [9.17, 15) is 14.9 Å². The van der Waals surface area contributed by atoms with Gasteiger partial charge in [-0.15, -0.1) is 0 Å². The molecular weight excluding hydrogens is 382 g/mol. The van der Waals surface area contributed by atoms with Crippen LogP contribution in [0.25, 0.3) is 6.08 Å². The van der Waals surface area contributed by atoms with Gasteiger partial charge in [0.25, 0.3) is 5.91 Å². The number of carbonyl (C=O) groups excluding carboxylic acids is 1. The number of rotatable bonds is 6. The Bertz CT molecular complexity index is 970. The number of nitro groups is 1. The van der Waals surface area contributed by atoms with Gasteiger partial charge < -0.3 is 14.8 Å². The van der Waals surface area contributed by atoms with Gasteiger partial charge in [-0.2, -0.15) is 0 Å². The van der Waals surface area contributed by atoms with Crippen LogP contribution in [0.3, 0.4) is 0 Å². The molecule has 1 saturated heterocycles. The van der Waals surface area contributed by atoms with E-state index in [1.165, 1.54) is 31.0 Å². The average molecular weight is 399 g/mol. The lowest BCUT2D eigenvalue weighted by Gasteiger charge is -2.02. The summed E-state index contributed by atoms with van der Waals surface area (Å²) >= 11 is 1.17. The number of hydrogen-bond donors (Lipinski definition) is 1. The zero-order chi connectivity index (χ0) is 20.1. The molecular formula is C19H17N3O5S. The molecule has 0 atom stereocenters. The summed E-state index contributed by atoms with van der Waals surface area (Å²) in [5, 5.41) is 14.3. The molecule has 1 N–H and O–H groups in total. The molecule has 0 aliphatic carbocycles. The van der Waals surface area contributed by atoms with Crippen LogP contribution >= 0.6 is 11.8 Å². The summed E-state index contributed by atoms with van der Waals surface area (Å²) in [5.74, 6) is 0.595. The van der Waals surface area contributed by atoms with Crippen LogP contribution in [0.2, 0.25) is 0 Å². The lowest BCUT2D eigenvalue weighted by molar-refractivity contribution is -0.385. The number of benzene rings is 2. The normalized spacial score (nSPS) is 16.3. The number of aliphatic imine (C=N–C) groups is 1. The van der Waals surface area contributed by atoms with Crippen molar-refractivity contribution < 1.29 is 19.2 Å². The first-order chi connectivity index (χ1) is 13.5. The third kappa shape index (κ3) is 4.49. The molecule has 0 radical (unpaired) electrons. The first-order valence-electron chi connectivity index (χ1n) is 8.35. The number of methoxy groups -OCH3 is 1. The van der Waals surface area contributed by atoms with Gasteiger partial charge in [0.05, 0.1) is 29.2 Å². The fourth-order valence-electron chi connectivity index (χ4n) is 2.47. The molecule has 2 aromatic carbocycles. The molecule has 3 rings (SSSR count). The second kappa shape index (κ2) is 8.57. The standard InChI is InChI=1S/C19H17N3O5S/c1-3-27-14-7-5-13(6-8-14)20-19-21-18(23)17(28-19)11-12-4-9-16(26-2)15(10-12)22(24)25/h4-11H,3H2,1-2H3,(H,20,21,23). The molecule has 1 fully saturated rings. The fraction of sp³-hybridized carbons (Fsp3) is 0.158. The minimum atomic E-state index is -0.526. The highest BCUT2D eigenvalue weighted by molar-refractivity contribution is 8.18. The van der Waals surface area contributed by atoms with E-state index in [-0.39, 0.29) is 17.3 Å². The molecule has 1 aliphatic rings. The Hall–Kier alpha value is -3.33. The number of amides is 1. The van der Waals surface area contributed by atoms with Crippen LogP contribution in [-0.4, -0.2) is 29.7 Å². The lowest BCUT2D eigenvalue weighted by atomic mass is 10.1. The van der Waals surface area contributed by atoms with Crippen molar-refractivity contribution in [2.75, 3.05) is 13.7 Å². The Morgan fingerprint density at radius 3 is 2.64 bits per heavy atom. The topological polar surface area (TPSA) is 103 Å². The number of amidine groups is 1. The highest BCUT2D eigenvalue weighted by atomic mass is 32.2. The van der Waals surface area contributed by atoms with Crippen molar-refractivity contribution >= 4 is 40.3 Å².